The molecule has 56 valence electrons. The van der Waals surface area contributed by atoms with Gasteiger partial charge in [0.25, 0.3) is 0 Å². The van der Waals surface area contributed by atoms with Crippen molar-refractivity contribution in [1.29, 1.82) is 0 Å². The van der Waals surface area contributed by atoms with Crippen molar-refractivity contribution in [1.82, 2.24) is 0 Å². The summed E-state index contributed by atoms with van der Waals surface area (Å²) in [6.07, 6.45) is 8.07. The molecule has 2 atom stereocenters. The van der Waals surface area contributed by atoms with Gasteiger partial charge in [0.05, 0.1) is 0 Å². The first-order valence-corrected chi connectivity index (χ1v) is 5.26. The number of alkyl halides is 1. The molecule has 0 aliphatic heterocycles. The standard InChI is InChI=1S/C9H13Br/c10-4-3-9-6-7-1-2-8(9)5-7/h1,8-9H,2-6H2. The maximum atomic E-state index is 3.51. The fourth-order valence-corrected chi connectivity index (χ4v) is 2.92. The van der Waals surface area contributed by atoms with E-state index in [-0.39, 0.29) is 0 Å². The summed E-state index contributed by atoms with van der Waals surface area (Å²) in [5, 5.41) is 1.20. The third-order valence-corrected chi connectivity index (χ3v) is 3.36. The van der Waals surface area contributed by atoms with E-state index in [1.807, 2.05) is 0 Å². The highest BCUT2D eigenvalue weighted by atomic mass is 79.9. The number of halogens is 1. The van der Waals surface area contributed by atoms with Crippen LogP contribution in [0.4, 0.5) is 0 Å². The second-order valence-electron chi connectivity index (χ2n) is 3.50. The fourth-order valence-electron chi connectivity index (χ4n) is 2.33. The lowest BCUT2D eigenvalue weighted by Gasteiger charge is -2.16. The van der Waals surface area contributed by atoms with Crippen LogP contribution in [0.5, 0.6) is 0 Å². The molecule has 2 rings (SSSR count). The van der Waals surface area contributed by atoms with Crippen LogP contribution in [-0.4, -0.2) is 5.33 Å². The van der Waals surface area contributed by atoms with Gasteiger partial charge in [-0.15, -0.1) is 0 Å². The molecule has 0 saturated heterocycles. The molecule has 0 nitrogen and oxygen atoms in total. The van der Waals surface area contributed by atoms with Crippen molar-refractivity contribution >= 4 is 15.9 Å². The molecule has 0 aromatic rings. The van der Waals surface area contributed by atoms with Gasteiger partial charge < -0.3 is 0 Å². The molecule has 2 aliphatic rings. The smallest absolute Gasteiger partial charge is 0.00341 e. The maximum Gasteiger partial charge on any atom is 0.00341 e. The Kier molecular flexibility index (Phi) is 1.86. The van der Waals surface area contributed by atoms with Gasteiger partial charge in [0, 0.05) is 5.33 Å². The topological polar surface area (TPSA) is 0 Å². The van der Waals surface area contributed by atoms with Gasteiger partial charge >= 0.3 is 0 Å². The highest BCUT2D eigenvalue weighted by Crippen LogP contribution is 2.45. The van der Waals surface area contributed by atoms with Crippen molar-refractivity contribution in [3.63, 3.8) is 0 Å². The average Bonchev–Trinajstić information content (AvgIpc) is 2.48. The van der Waals surface area contributed by atoms with Gasteiger partial charge in [0.2, 0.25) is 0 Å². The minimum absolute atomic E-state index is 1.03. The molecular weight excluding hydrogens is 188 g/mol. The Hall–Kier alpha value is 0.220. The predicted molar refractivity (Wildman–Crippen MR) is 47.3 cm³/mol. The third kappa shape index (κ3) is 1.05. The zero-order valence-corrected chi connectivity index (χ0v) is 7.73. The first kappa shape index (κ1) is 6.90. The normalized spacial score (nSPS) is 36.7. The number of rotatable bonds is 2. The van der Waals surface area contributed by atoms with Gasteiger partial charge in [-0.05, 0) is 37.5 Å². The molecule has 2 unspecified atom stereocenters. The van der Waals surface area contributed by atoms with Gasteiger partial charge in [-0.1, -0.05) is 27.6 Å². The summed E-state index contributed by atoms with van der Waals surface area (Å²) >= 11 is 3.51. The van der Waals surface area contributed by atoms with E-state index in [0.717, 1.165) is 11.8 Å². The molecule has 1 heteroatoms. The predicted octanol–water partition coefficient (Wildman–Crippen LogP) is 3.13. The second kappa shape index (κ2) is 2.69. The van der Waals surface area contributed by atoms with E-state index in [4.69, 9.17) is 0 Å². The Balaban J connectivity index is 1.97. The molecule has 0 N–H and O–H groups in total. The molecule has 0 amide bonds. The van der Waals surface area contributed by atoms with Crippen molar-refractivity contribution < 1.29 is 0 Å². The summed E-state index contributed by atoms with van der Waals surface area (Å²) in [5.41, 5.74) is 1.75. The fraction of sp³-hybridized carbons (Fsp3) is 0.778. The average molecular weight is 201 g/mol. The molecular formula is C9H13Br. The first-order chi connectivity index (χ1) is 4.90. The van der Waals surface area contributed by atoms with Gasteiger partial charge in [-0.3, -0.25) is 0 Å². The van der Waals surface area contributed by atoms with Crippen LogP contribution >= 0.6 is 15.9 Å². The largest absolute Gasteiger partial charge is 0.0928 e. The molecule has 0 radical (unpaired) electrons. The molecule has 0 aromatic heterocycles. The van der Waals surface area contributed by atoms with Crippen molar-refractivity contribution in [2.45, 2.75) is 25.7 Å². The van der Waals surface area contributed by atoms with Crippen LogP contribution in [0.15, 0.2) is 11.6 Å². The molecule has 0 spiro atoms. The Labute approximate surface area is 70.8 Å². The van der Waals surface area contributed by atoms with E-state index < -0.39 is 0 Å². The SMILES string of the molecule is BrCCC1CC2=CCC1C2. The van der Waals surface area contributed by atoms with E-state index >= 15 is 0 Å². The third-order valence-electron chi connectivity index (χ3n) is 2.90. The number of hydrogen-bond donors (Lipinski definition) is 0. The maximum absolute atomic E-state index is 3.51. The molecule has 2 aliphatic carbocycles. The van der Waals surface area contributed by atoms with Crippen molar-refractivity contribution in [2.75, 3.05) is 5.33 Å². The lowest BCUT2D eigenvalue weighted by Crippen LogP contribution is -2.07. The van der Waals surface area contributed by atoms with Crippen LogP contribution in [0.25, 0.3) is 0 Å². The zero-order chi connectivity index (χ0) is 6.97. The number of allylic oxidation sites excluding steroid dienone is 2. The highest BCUT2D eigenvalue weighted by molar-refractivity contribution is 9.09. The van der Waals surface area contributed by atoms with Crippen LogP contribution in [0.2, 0.25) is 0 Å². The van der Waals surface area contributed by atoms with Crippen LogP contribution in [0, 0.1) is 11.8 Å². The molecule has 0 aromatic carbocycles. The van der Waals surface area contributed by atoms with Gasteiger partial charge in [0.1, 0.15) is 0 Å². The number of fused-ring (bicyclic) bond motifs is 2. The minimum Gasteiger partial charge on any atom is -0.0928 e. The van der Waals surface area contributed by atoms with E-state index in [0.29, 0.717) is 0 Å². The van der Waals surface area contributed by atoms with Crippen LogP contribution in [0.3, 0.4) is 0 Å². The minimum atomic E-state index is 1.03. The van der Waals surface area contributed by atoms with Crippen LogP contribution in [-0.2, 0) is 0 Å². The van der Waals surface area contributed by atoms with Crippen LogP contribution < -0.4 is 0 Å². The van der Waals surface area contributed by atoms with Crippen LogP contribution in [0.1, 0.15) is 25.7 Å². The monoisotopic (exact) mass is 200 g/mol. The van der Waals surface area contributed by atoms with Gasteiger partial charge in [-0.25, -0.2) is 0 Å². The molecule has 2 bridgehead atoms. The van der Waals surface area contributed by atoms with Crippen molar-refractivity contribution in [3.8, 4) is 0 Å². The lowest BCUT2D eigenvalue weighted by atomic mass is 9.90. The summed E-state index contributed by atoms with van der Waals surface area (Å²) in [7, 11) is 0. The van der Waals surface area contributed by atoms with Crippen molar-refractivity contribution in [2.24, 2.45) is 11.8 Å². The van der Waals surface area contributed by atoms with E-state index in [9.17, 15) is 0 Å². The summed E-state index contributed by atoms with van der Waals surface area (Å²) in [6, 6.07) is 0. The van der Waals surface area contributed by atoms with Crippen molar-refractivity contribution in [3.05, 3.63) is 11.6 Å². The highest BCUT2D eigenvalue weighted by Gasteiger charge is 2.32. The molecule has 1 saturated carbocycles. The first-order valence-electron chi connectivity index (χ1n) is 4.14. The summed E-state index contributed by atoms with van der Waals surface area (Å²) in [6.45, 7) is 0. The molecule has 1 fully saturated rings. The Bertz CT molecular complexity index is 160. The van der Waals surface area contributed by atoms with E-state index in [1.165, 1.54) is 31.0 Å². The van der Waals surface area contributed by atoms with Gasteiger partial charge in [0.15, 0.2) is 0 Å². The molecule has 0 heterocycles. The Morgan fingerprint density at radius 1 is 1.50 bits per heavy atom. The zero-order valence-electron chi connectivity index (χ0n) is 6.15. The molecule has 10 heavy (non-hydrogen) atoms. The Morgan fingerprint density at radius 3 is 2.90 bits per heavy atom. The van der Waals surface area contributed by atoms with E-state index in [1.54, 1.807) is 5.57 Å². The summed E-state index contributed by atoms with van der Waals surface area (Å²) in [4.78, 5) is 0. The Morgan fingerprint density at radius 2 is 2.40 bits per heavy atom. The van der Waals surface area contributed by atoms with Gasteiger partial charge in [-0.2, -0.15) is 0 Å². The quantitative estimate of drug-likeness (QED) is 0.475. The second-order valence-corrected chi connectivity index (χ2v) is 4.30. The van der Waals surface area contributed by atoms with E-state index in [2.05, 4.69) is 22.0 Å². The summed E-state index contributed by atoms with van der Waals surface area (Å²) < 4.78 is 0. The number of hydrogen-bond acceptors (Lipinski definition) is 0. The lowest BCUT2D eigenvalue weighted by molar-refractivity contribution is 0.382. The summed E-state index contributed by atoms with van der Waals surface area (Å²) in [5.74, 6) is 2.06.